The van der Waals surface area contributed by atoms with Gasteiger partial charge in [0.1, 0.15) is 0 Å². The molecule has 0 unspecified atom stereocenters. The molecule has 0 aliphatic carbocycles. The first-order chi connectivity index (χ1) is 12.4. The lowest BCUT2D eigenvalue weighted by molar-refractivity contribution is -0.142. The Kier molecular flexibility index (Phi) is 5.91. The van der Waals surface area contributed by atoms with E-state index in [0.717, 1.165) is 39.0 Å². The Morgan fingerprint density at radius 3 is 2.27 bits per heavy atom. The van der Waals surface area contributed by atoms with Crippen molar-refractivity contribution in [2.45, 2.75) is 72.0 Å². The fraction of sp³-hybridized carbons (Fsp3) is 0.682. The molecule has 0 bridgehead atoms. The predicted molar refractivity (Wildman–Crippen MR) is 109 cm³/mol. The molecule has 0 spiro atoms. The molecule has 1 aromatic carbocycles. The second-order valence-corrected chi connectivity index (χ2v) is 8.29. The number of amides is 1. The van der Waals surface area contributed by atoms with Gasteiger partial charge in [0.15, 0.2) is 0 Å². The fourth-order valence-corrected chi connectivity index (χ4v) is 4.66. The van der Waals surface area contributed by atoms with Crippen molar-refractivity contribution in [2.75, 3.05) is 31.1 Å². The minimum Gasteiger partial charge on any atom is -0.369 e. The number of piperazine rings is 1. The molecule has 0 aromatic heterocycles. The third-order valence-electron chi connectivity index (χ3n) is 6.58. The molecule has 26 heavy (non-hydrogen) atoms. The molecule has 1 aromatic rings. The van der Waals surface area contributed by atoms with Gasteiger partial charge in [0, 0.05) is 44.0 Å². The molecule has 0 N–H and O–H groups in total. The van der Waals surface area contributed by atoms with Gasteiger partial charge in [0.2, 0.25) is 5.91 Å². The lowest BCUT2D eigenvalue weighted by atomic mass is 9.96. The van der Waals surface area contributed by atoms with E-state index in [4.69, 9.17) is 0 Å². The van der Waals surface area contributed by atoms with Crippen molar-refractivity contribution in [3.8, 4) is 0 Å². The zero-order valence-electron chi connectivity index (χ0n) is 17.2. The van der Waals surface area contributed by atoms with Crippen LogP contribution in [0.25, 0.3) is 0 Å². The lowest BCUT2D eigenvalue weighted by Gasteiger charge is -2.44. The molecule has 2 heterocycles. The summed E-state index contributed by atoms with van der Waals surface area (Å²) in [6.45, 7) is 14.8. The monoisotopic (exact) mass is 357 g/mol. The summed E-state index contributed by atoms with van der Waals surface area (Å²) in [7, 11) is 0. The van der Waals surface area contributed by atoms with Gasteiger partial charge in [0.25, 0.3) is 0 Å². The van der Waals surface area contributed by atoms with Crippen LogP contribution in [0.15, 0.2) is 18.2 Å². The SMILES string of the molecule is Cc1cccc(N2CCN([C@H](C)C(=O)N3[C@@H](C)CCC[C@@H]3C)CC2)c1C. The number of rotatable bonds is 3. The minimum atomic E-state index is -0.0150. The van der Waals surface area contributed by atoms with Crippen LogP contribution in [0, 0.1) is 13.8 Å². The summed E-state index contributed by atoms with van der Waals surface area (Å²) in [4.78, 5) is 20.1. The van der Waals surface area contributed by atoms with E-state index in [1.54, 1.807) is 0 Å². The van der Waals surface area contributed by atoms with Crippen molar-refractivity contribution in [1.82, 2.24) is 9.80 Å². The Bertz CT molecular complexity index is 626. The molecule has 2 saturated heterocycles. The first-order valence-corrected chi connectivity index (χ1v) is 10.3. The van der Waals surface area contributed by atoms with Crippen molar-refractivity contribution < 1.29 is 4.79 Å². The van der Waals surface area contributed by atoms with Gasteiger partial charge in [-0.25, -0.2) is 0 Å². The summed E-state index contributed by atoms with van der Waals surface area (Å²) >= 11 is 0. The maximum Gasteiger partial charge on any atom is 0.240 e. The zero-order chi connectivity index (χ0) is 18.8. The molecule has 144 valence electrons. The van der Waals surface area contributed by atoms with Gasteiger partial charge in [-0.2, -0.15) is 0 Å². The van der Waals surface area contributed by atoms with E-state index in [-0.39, 0.29) is 6.04 Å². The molecule has 2 fully saturated rings. The molecule has 3 rings (SSSR count). The van der Waals surface area contributed by atoms with Crippen LogP contribution in [0.4, 0.5) is 5.69 Å². The molecule has 2 aliphatic rings. The van der Waals surface area contributed by atoms with Crippen LogP contribution in [0.5, 0.6) is 0 Å². The van der Waals surface area contributed by atoms with Crippen molar-refractivity contribution in [1.29, 1.82) is 0 Å². The standard InChI is InChI=1S/C22H35N3O/c1-16-8-6-11-21(19(16)4)24-14-12-23(13-15-24)20(5)22(26)25-17(2)9-7-10-18(25)3/h6,8,11,17-18,20H,7,9-10,12-15H2,1-5H3/t17-,18-,20+/m0/s1. The average Bonchev–Trinajstić information content (AvgIpc) is 2.63. The first-order valence-electron chi connectivity index (χ1n) is 10.3. The highest BCUT2D eigenvalue weighted by atomic mass is 16.2. The van der Waals surface area contributed by atoms with Gasteiger partial charge in [-0.3, -0.25) is 9.69 Å². The Morgan fingerprint density at radius 2 is 1.65 bits per heavy atom. The zero-order valence-corrected chi connectivity index (χ0v) is 17.2. The summed E-state index contributed by atoms with van der Waals surface area (Å²) in [6, 6.07) is 7.30. The van der Waals surface area contributed by atoms with E-state index < -0.39 is 0 Å². The summed E-state index contributed by atoms with van der Waals surface area (Å²) in [6.07, 6.45) is 3.53. The van der Waals surface area contributed by atoms with E-state index in [9.17, 15) is 4.79 Å². The topological polar surface area (TPSA) is 26.8 Å². The predicted octanol–water partition coefficient (Wildman–Crippen LogP) is 3.60. The average molecular weight is 358 g/mol. The van der Waals surface area contributed by atoms with Crippen molar-refractivity contribution in [2.24, 2.45) is 0 Å². The van der Waals surface area contributed by atoms with E-state index in [2.05, 4.69) is 67.5 Å². The molecular weight excluding hydrogens is 322 g/mol. The molecular formula is C22H35N3O. The third-order valence-corrected chi connectivity index (χ3v) is 6.58. The number of hydrogen-bond acceptors (Lipinski definition) is 3. The number of hydrogen-bond donors (Lipinski definition) is 0. The second kappa shape index (κ2) is 7.99. The smallest absolute Gasteiger partial charge is 0.240 e. The minimum absolute atomic E-state index is 0.0150. The normalized spacial score (nSPS) is 26.0. The Morgan fingerprint density at radius 1 is 1.04 bits per heavy atom. The first kappa shape index (κ1) is 19.2. The number of carbonyl (C=O) groups is 1. The van der Waals surface area contributed by atoms with Crippen LogP contribution in [-0.4, -0.2) is 60.0 Å². The summed E-state index contributed by atoms with van der Waals surface area (Å²) < 4.78 is 0. The summed E-state index contributed by atoms with van der Waals surface area (Å²) in [5.74, 6) is 0.324. The van der Waals surface area contributed by atoms with Gasteiger partial charge < -0.3 is 9.80 Å². The van der Waals surface area contributed by atoms with Crippen LogP contribution in [-0.2, 0) is 4.79 Å². The number of benzene rings is 1. The highest BCUT2D eigenvalue weighted by Gasteiger charge is 2.35. The fourth-order valence-electron chi connectivity index (χ4n) is 4.66. The number of anilines is 1. The van der Waals surface area contributed by atoms with Crippen LogP contribution >= 0.6 is 0 Å². The number of nitrogens with zero attached hydrogens (tertiary/aromatic N) is 3. The lowest BCUT2D eigenvalue weighted by Crippen LogP contribution is -2.58. The Labute approximate surface area is 159 Å². The molecule has 3 atom stereocenters. The van der Waals surface area contributed by atoms with Crippen molar-refractivity contribution >= 4 is 11.6 Å². The largest absolute Gasteiger partial charge is 0.369 e. The third kappa shape index (κ3) is 3.75. The maximum atomic E-state index is 13.1. The molecule has 0 radical (unpaired) electrons. The second-order valence-electron chi connectivity index (χ2n) is 8.29. The van der Waals surface area contributed by atoms with Crippen LogP contribution in [0.3, 0.4) is 0 Å². The van der Waals surface area contributed by atoms with Gasteiger partial charge in [-0.1, -0.05) is 12.1 Å². The van der Waals surface area contributed by atoms with Crippen molar-refractivity contribution in [3.63, 3.8) is 0 Å². The van der Waals surface area contributed by atoms with Crippen LogP contribution in [0.1, 0.15) is 51.2 Å². The van der Waals surface area contributed by atoms with Crippen molar-refractivity contribution in [3.05, 3.63) is 29.3 Å². The molecule has 4 nitrogen and oxygen atoms in total. The van der Waals surface area contributed by atoms with Crippen LogP contribution < -0.4 is 4.90 Å². The van der Waals surface area contributed by atoms with E-state index in [1.807, 2.05) is 0 Å². The van der Waals surface area contributed by atoms with Gasteiger partial charge in [-0.05, 0) is 71.1 Å². The van der Waals surface area contributed by atoms with E-state index >= 15 is 0 Å². The van der Waals surface area contributed by atoms with Crippen LogP contribution in [0.2, 0.25) is 0 Å². The highest BCUT2D eigenvalue weighted by molar-refractivity contribution is 5.82. The van der Waals surface area contributed by atoms with Gasteiger partial charge in [0.05, 0.1) is 6.04 Å². The number of carbonyl (C=O) groups excluding carboxylic acids is 1. The summed E-state index contributed by atoms with van der Waals surface area (Å²) in [5.41, 5.74) is 4.07. The number of aryl methyl sites for hydroxylation is 1. The highest BCUT2D eigenvalue weighted by Crippen LogP contribution is 2.26. The van der Waals surface area contributed by atoms with Gasteiger partial charge >= 0.3 is 0 Å². The number of likely N-dealkylation sites (tertiary alicyclic amines) is 1. The number of piperidine rings is 1. The Hall–Kier alpha value is -1.55. The quantitative estimate of drug-likeness (QED) is 0.827. The molecule has 1 amide bonds. The van der Waals surface area contributed by atoms with Gasteiger partial charge in [-0.15, -0.1) is 0 Å². The molecule has 4 heteroatoms. The Balaban J connectivity index is 1.62. The van der Waals surface area contributed by atoms with E-state index in [0.29, 0.717) is 18.0 Å². The maximum absolute atomic E-state index is 13.1. The van der Waals surface area contributed by atoms with E-state index in [1.165, 1.54) is 23.2 Å². The molecule has 0 saturated carbocycles. The molecule has 2 aliphatic heterocycles. The summed E-state index contributed by atoms with van der Waals surface area (Å²) in [5, 5.41) is 0.